The highest BCUT2D eigenvalue weighted by Gasteiger charge is 2.47. The lowest BCUT2D eigenvalue weighted by molar-refractivity contribution is -0.232. The second kappa shape index (κ2) is 4.04. The van der Waals surface area contributed by atoms with Crippen molar-refractivity contribution in [3.05, 3.63) is 0 Å². The van der Waals surface area contributed by atoms with Crippen molar-refractivity contribution < 1.29 is 14.6 Å². The summed E-state index contributed by atoms with van der Waals surface area (Å²) in [6, 6.07) is 0. The van der Waals surface area contributed by atoms with Gasteiger partial charge in [0.15, 0.2) is 0 Å². The van der Waals surface area contributed by atoms with Crippen LogP contribution in [0.15, 0.2) is 0 Å². The third-order valence-electron chi connectivity index (χ3n) is 3.47. The molecule has 0 aromatic rings. The highest BCUT2D eigenvalue weighted by atomic mass is 16.5. The van der Waals surface area contributed by atoms with Crippen molar-refractivity contribution in [3.8, 4) is 0 Å². The van der Waals surface area contributed by atoms with E-state index >= 15 is 0 Å². The SMILES string of the molecule is CO[C@]1(C)CC(C(C)(C)C)O[C@@H](C)[C@@H]1O. The molecule has 3 heteroatoms. The van der Waals surface area contributed by atoms with Gasteiger partial charge in [0.1, 0.15) is 6.10 Å². The minimum absolute atomic E-state index is 0.0776. The fraction of sp³-hybridized carbons (Fsp3) is 1.00. The van der Waals surface area contributed by atoms with E-state index in [0.29, 0.717) is 0 Å². The largest absolute Gasteiger partial charge is 0.387 e. The van der Waals surface area contributed by atoms with Crippen LogP contribution in [0.3, 0.4) is 0 Å². The van der Waals surface area contributed by atoms with Gasteiger partial charge in [-0.1, -0.05) is 20.8 Å². The van der Waals surface area contributed by atoms with Gasteiger partial charge in [0, 0.05) is 13.5 Å². The Morgan fingerprint density at radius 1 is 1.40 bits per heavy atom. The number of rotatable bonds is 1. The highest BCUT2D eigenvalue weighted by molar-refractivity contribution is 4.97. The molecule has 0 aromatic heterocycles. The number of ether oxygens (including phenoxy) is 2. The van der Waals surface area contributed by atoms with Crippen LogP contribution >= 0.6 is 0 Å². The molecule has 3 nitrogen and oxygen atoms in total. The van der Waals surface area contributed by atoms with Gasteiger partial charge < -0.3 is 14.6 Å². The first-order valence-corrected chi connectivity index (χ1v) is 5.59. The Labute approximate surface area is 92.8 Å². The van der Waals surface area contributed by atoms with E-state index in [1.165, 1.54) is 0 Å². The molecule has 1 unspecified atom stereocenters. The molecule has 0 amide bonds. The Balaban J connectivity index is 2.85. The standard InChI is InChI=1S/C12H24O3/c1-8-10(13)12(5,14-6)7-9(15-8)11(2,3)4/h8-10,13H,7H2,1-6H3/t8-,9?,10-,12+/m0/s1. The Bertz CT molecular complexity index is 221. The zero-order valence-corrected chi connectivity index (χ0v) is 10.7. The van der Waals surface area contributed by atoms with Gasteiger partial charge in [-0.2, -0.15) is 0 Å². The molecule has 1 rings (SSSR count). The van der Waals surface area contributed by atoms with Gasteiger partial charge in [-0.3, -0.25) is 0 Å². The van der Waals surface area contributed by atoms with Crippen molar-refractivity contribution in [2.24, 2.45) is 5.41 Å². The van der Waals surface area contributed by atoms with Gasteiger partial charge in [0.2, 0.25) is 0 Å². The maximum absolute atomic E-state index is 10.0. The van der Waals surface area contributed by atoms with Gasteiger partial charge in [-0.25, -0.2) is 0 Å². The maximum atomic E-state index is 10.0. The van der Waals surface area contributed by atoms with Crippen molar-refractivity contribution in [1.29, 1.82) is 0 Å². The van der Waals surface area contributed by atoms with Gasteiger partial charge >= 0.3 is 0 Å². The normalized spacial score (nSPS) is 43.0. The molecule has 1 fully saturated rings. The highest BCUT2D eigenvalue weighted by Crippen LogP contribution is 2.38. The Hall–Kier alpha value is -0.120. The smallest absolute Gasteiger partial charge is 0.109 e. The summed E-state index contributed by atoms with van der Waals surface area (Å²) in [5.41, 5.74) is -0.413. The van der Waals surface area contributed by atoms with Crippen LogP contribution in [0.1, 0.15) is 41.0 Å². The van der Waals surface area contributed by atoms with Crippen LogP contribution in [0.4, 0.5) is 0 Å². The van der Waals surface area contributed by atoms with Crippen molar-refractivity contribution in [1.82, 2.24) is 0 Å². The summed E-state index contributed by atoms with van der Waals surface area (Å²) in [5.74, 6) is 0. The van der Waals surface area contributed by atoms with Gasteiger partial charge in [0.05, 0.1) is 17.8 Å². The van der Waals surface area contributed by atoms with Crippen molar-refractivity contribution in [2.45, 2.75) is 65.0 Å². The van der Waals surface area contributed by atoms with Crippen LogP contribution in [0.5, 0.6) is 0 Å². The molecule has 1 aliphatic rings. The molecule has 1 N–H and O–H groups in total. The number of hydrogen-bond acceptors (Lipinski definition) is 3. The average molecular weight is 216 g/mol. The van der Waals surface area contributed by atoms with E-state index < -0.39 is 11.7 Å². The van der Waals surface area contributed by atoms with Crippen LogP contribution in [-0.4, -0.2) is 36.1 Å². The lowest BCUT2D eigenvalue weighted by atomic mass is 9.77. The van der Waals surface area contributed by atoms with Crippen LogP contribution in [0.25, 0.3) is 0 Å². The fourth-order valence-electron chi connectivity index (χ4n) is 2.08. The minimum Gasteiger partial charge on any atom is -0.387 e. The molecule has 15 heavy (non-hydrogen) atoms. The monoisotopic (exact) mass is 216 g/mol. The Kier molecular flexibility index (Phi) is 3.49. The van der Waals surface area contributed by atoms with Crippen molar-refractivity contribution >= 4 is 0 Å². The predicted octanol–water partition coefficient (Wildman–Crippen LogP) is 1.98. The molecule has 0 aliphatic carbocycles. The second-order valence-electron chi connectivity index (χ2n) is 5.86. The first-order valence-electron chi connectivity index (χ1n) is 5.59. The summed E-state index contributed by atoms with van der Waals surface area (Å²) in [6.07, 6.45) is 0.133. The summed E-state index contributed by atoms with van der Waals surface area (Å²) < 4.78 is 11.3. The predicted molar refractivity (Wildman–Crippen MR) is 59.8 cm³/mol. The van der Waals surface area contributed by atoms with Gasteiger partial charge in [0.25, 0.3) is 0 Å². The first kappa shape index (κ1) is 12.9. The number of methoxy groups -OCH3 is 1. The zero-order valence-electron chi connectivity index (χ0n) is 10.7. The lowest BCUT2D eigenvalue weighted by Crippen LogP contribution is -2.58. The molecule has 4 atom stereocenters. The molecule has 0 aromatic carbocycles. The van der Waals surface area contributed by atoms with Gasteiger partial charge in [-0.05, 0) is 19.3 Å². The molecule has 1 heterocycles. The summed E-state index contributed by atoms with van der Waals surface area (Å²) in [5, 5.41) is 10.0. The number of aliphatic hydroxyl groups excluding tert-OH is 1. The topological polar surface area (TPSA) is 38.7 Å². The van der Waals surface area contributed by atoms with E-state index in [-0.39, 0.29) is 17.6 Å². The van der Waals surface area contributed by atoms with E-state index in [0.717, 1.165) is 6.42 Å². The quantitative estimate of drug-likeness (QED) is 0.728. The van der Waals surface area contributed by atoms with E-state index in [1.54, 1.807) is 7.11 Å². The van der Waals surface area contributed by atoms with Crippen LogP contribution in [0, 0.1) is 5.41 Å². The molecule has 1 saturated heterocycles. The molecular formula is C12H24O3. The molecule has 0 saturated carbocycles. The molecule has 90 valence electrons. The maximum Gasteiger partial charge on any atom is 0.109 e. The van der Waals surface area contributed by atoms with E-state index in [9.17, 15) is 5.11 Å². The van der Waals surface area contributed by atoms with Crippen LogP contribution in [0.2, 0.25) is 0 Å². The third kappa shape index (κ3) is 2.52. The fourth-order valence-corrected chi connectivity index (χ4v) is 2.08. The second-order valence-corrected chi connectivity index (χ2v) is 5.86. The number of aliphatic hydroxyl groups is 1. The van der Waals surface area contributed by atoms with Crippen LogP contribution in [-0.2, 0) is 9.47 Å². The first-order chi connectivity index (χ1) is 6.70. The minimum atomic E-state index is -0.555. The Morgan fingerprint density at radius 3 is 2.33 bits per heavy atom. The zero-order chi connectivity index (χ0) is 11.9. The lowest BCUT2D eigenvalue weighted by Gasteiger charge is -2.48. The van der Waals surface area contributed by atoms with E-state index in [2.05, 4.69) is 20.8 Å². The van der Waals surface area contributed by atoms with Crippen molar-refractivity contribution in [3.63, 3.8) is 0 Å². The molecule has 1 aliphatic heterocycles. The Morgan fingerprint density at radius 2 is 1.93 bits per heavy atom. The van der Waals surface area contributed by atoms with Crippen LogP contribution < -0.4 is 0 Å². The molecular weight excluding hydrogens is 192 g/mol. The molecule has 0 bridgehead atoms. The number of hydrogen-bond donors (Lipinski definition) is 1. The van der Waals surface area contributed by atoms with Gasteiger partial charge in [-0.15, -0.1) is 0 Å². The molecule has 0 spiro atoms. The van der Waals surface area contributed by atoms with E-state index in [1.807, 2.05) is 13.8 Å². The van der Waals surface area contributed by atoms with Crippen molar-refractivity contribution in [2.75, 3.05) is 7.11 Å². The molecule has 0 radical (unpaired) electrons. The summed E-state index contributed by atoms with van der Waals surface area (Å²) in [6.45, 7) is 10.3. The summed E-state index contributed by atoms with van der Waals surface area (Å²) in [4.78, 5) is 0. The summed E-state index contributed by atoms with van der Waals surface area (Å²) in [7, 11) is 1.65. The van der Waals surface area contributed by atoms with E-state index in [4.69, 9.17) is 9.47 Å². The third-order valence-corrected chi connectivity index (χ3v) is 3.47. The average Bonchev–Trinajstić information content (AvgIpc) is 2.12. The summed E-state index contributed by atoms with van der Waals surface area (Å²) >= 11 is 0.